The van der Waals surface area contributed by atoms with Crippen molar-refractivity contribution in [3.63, 3.8) is 0 Å². The Morgan fingerprint density at radius 3 is 2.26 bits per heavy atom. The molecule has 2 heterocycles. The molecule has 0 radical (unpaired) electrons. The van der Waals surface area contributed by atoms with Crippen molar-refractivity contribution >= 4 is 35.0 Å². The fourth-order valence-electron chi connectivity index (χ4n) is 6.40. The molecule has 2 aromatic rings. The van der Waals surface area contributed by atoms with Gasteiger partial charge in [0.15, 0.2) is 0 Å². The third kappa shape index (κ3) is 5.79. The average molecular weight is 576 g/mol. The number of aromatic nitrogens is 2. The zero-order valence-electron chi connectivity index (χ0n) is 24.5. The number of amides is 4. The van der Waals surface area contributed by atoms with Crippen LogP contribution in [0.15, 0.2) is 30.5 Å². The summed E-state index contributed by atoms with van der Waals surface area (Å²) < 4.78 is 1.66. The van der Waals surface area contributed by atoms with E-state index in [1.54, 1.807) is 41.0 Å². The molecule has 3 saturated carbocycles. The minimum atomic E-state index is -0.695. The molecule has 6 rings (SSSR count). The highest BCUT2D eigenvalue weighted by atomic mass is 16.2. The summed E-state index contributed by atoms with van der Waals surface area (Å²) in [5, 5.41) is 13.4. The normalized spacial score (nSPS) is 21.6. The van der Waals surface area contributed by atoms with E-state index < -0.39 is 18.1 Å². The first-order valence-electron chi connectivity index (χ1n) is 15.2. The van der Waals surface area contributed by atoms with Gasteiger partial charge in [0.25, 0.3) is 5.91 Å². The molecule has 5 N–H and O–H groups in total. The van der Waals surface area contributed by atoms with Gasteiger partial charge in [-0.05, 0) is 99.8 Å². The SMILES string of the molecule is CC(C)n1nccc1C(=O)N[C@H](C(=O)Nc1ccc2c(c1)N(C)C(=O)CC2NC(=O)[C@H](N)C1CC1)C(C1CC1)C1CC1. The molecule has 1 aliphatic heterocycles. The number of fused-ring (bicyclic) bond motifs is 1. The molecule has 1 aromatic carbocycles. The largest absolute Gasteiger partial charge is 0.347 e. The first-order chi connectivity index (χ1) is 20.1. The van der Waals surface area contributed by atoms with E-state index in [0.29, 0.717) is 28.9 Å². The van der Waals surface area contributed by atoms with Gasteiger partial charge in [-0.15, -0.1) is 0 Å². The highest BCUT2D eigenvalue weighted by molar-refractivity contribution is 6.02. The number of carbonyl (C=O) groups excluding carboxylic acids is 4. The molecule has 11 nitrogen and oxygen atoms in total. The van der Waals surface area contributed by atoms with Crippen molar-refractivity contribution in [2.24, 2.45) is 29.4 Å². The number of benzene rings is 1. The molecule has 1 aromatic heterocycles. The first kappa shape index (κ1) is 28.4. The maximum atomic E-state index is 13.9. The van der Waals surface area contributed by atoms with Gasteiger partial charge in [0.05, 0.1) is 24.2 Å². The van der Waals surface area contributed by atoms with Crippen LogP contribution in [0.25, 0.3) is 0 Å². The third-order valence-electron chi connectivity index (χ3n) is 9.22. The van der Waals surface area contributed by atoms with Crippen molar-refractivity contribution in [2.45, 2.75) is 83.0 Å². The quantitative estimate of drug-likeness (QED) is 0.323. The van der Waals surface area contributed by atoms with Gasteiger partial charge in [-0.2, -0.15) is 5.10 Å². The summed E-state index contributed by atoms with van der Waals surface area (Å²) >= 11 is 0. The first-order valence-corrected chi connectivity index (χ1v) is 15.2. The Labute approximate surface area is 245 Å². The molecule has 0 bridgehead atoms. The highest BCUT2D eigenvalue weighted by Gasteiger charge is 2.48. The lowest BCUT2D eigenvalue weighted by Gasteiger charge is -2.33. The van der Waals surface area contributed by atoms with E-state index in [2.05, 4.69) is 21.0 Å². The molecule has 3 atom stereocenters. The maximum Gasteiger partial charge on any atom is 0.270 e. The van der Waals surface area contributed by atoms with E-state index in [1.807, 2.05) is 19.9 Å². The zero-order valence-corrected chi connectivity index (χ0v) is 24.5. The van der Waals surface area contributed by atoms with Crippen molar-refractivity contribution in [2.75, 3.05) is 17.3 Å². The van der Waals surface area contributed by atoms with E-state index in [4.69, 9.17) is 5.73 Å². The summed E-state index contributed by atoms with van der Waals surface area (Å²) in [4.78, 5) is 54.5. The van der Waals surface area contributed by atoms with Gasteiger partial charge >= 0.3 is 0 Å². The Hall–Kier alpha value is -3.73. The van der Waals surface area contributed by atoms with Crippen LogP contribution >= 0.6 is 0 Å². The Bertz CT molecular complexity index is 1380. The number of anilines is 2. The number of carbonyl (C=O) groups is 4. The van der Waals surface area contributed by atoms with Gasteiger partial charge in [-0.25, -0.2) is 0 Å². The average Bonchev–Trinajstić information content (AvgIpc) is 3.81. The van der Waals surface area contributed by atoms with Crippen molar-refractivity contribution in [1.29, 1.82) is 0 Å². The highest BCUT2D eigenvalue weighted by Crippen LogP contribution is 2.51. The molecule has 224 valence electrons. The molecular weight excluding hydrogens is 534 g/mol. The van der Waals surface area contributed by atoms with Crippen molar-refractivity contribution in [1.82, 2.24) is 20.4 Å². The van der Waals surface area contributed by atoms with Crippen LogP contribution in [0.2, 0.25) is 0 Å². The van der Waals surface area contributed by atoms with Gasteiger partial charge in [-0.1, -0.05) is 6.07 Å². The van der Waals surface area contributed by atoms with E-state index in [9.17, 15) is 19.2 Å². The number of hydrogen-bond donors (Lipinski definition) is 4. The van der Waals surface area contributed by atoms with Gasteiger partial charge in [0.2, 0.25) is 17.7 Å². The lowest BCUT2D eigenvalue weighted by molar-refractivity contribution is -0.124. The predicted molar refractivity (Wildman–Crippen MR) is 157 cm³/mol. The van der Waals surface area contributed by atoms with Crippen LogP contribution in [-0.2, 0) is 14.4 Å². The Kier molecular flexibility index (Phi) is 7.55. The summed E-state index contributed by atoms with van der Waals surface area (Å²) in [6, 6.07) is 5.32. The van der Waals surface area contributed by atoms with Crippen LogP contribution < -0.4 is 26.6 Å². The second-order valence-corrected chi connectivity index (χ2v) is 12.8. The van der Waals surface area contributed by atoms with Gasteiger partial charge in [0, 0.05) is 25.0 Å². The lowest BCUT2D eigenvalue weighted by Crippen LogP contribution is -2.50. The number of nitrogens with two attached hydrogens (primary N) is 1. The molecule has 0 spiro atoms. The van der Waals surface area contributed by atoms with E-state index in [0.717, 1.165) is 44.1 Å². The van der Waals surface area contributed by atoms with Crippen LogP contribution in [-0.4, -0.2) is 52.5 Å². The van der Waals surface area contributed by atoms with Crippen LogP contribution in [0.1, 0.15) is 86.9 Å². The smallest absolute Gasteiger partial charge is 0.270 e. The second-order valence-electron chi connectivity index (χ2n) is 12.8. The molecule has 1 unspecified atom stereocenters. The van der Waals surface area contributed by atoms with Crippen molar-refractivity contribution < 1.29 is 19.2 Å². The number of hydrogen-bond acceptors (Lipinski definition) is 6. The number of rotatable bonds is 11. The monoisotopic (exact) mass is 575 g/mol. The summed E-state index contributed by atoms with van der Waals surface area (Å²) in [7, 11) is 1.69. The molecule has 0 saturated heterocycles. The van der Waals surface area contributed by atoms with Crippen LogP contribution in [0.5, 0.6) is 0 Å². The third-order valence-corrected chi connectivity index (χ3v) is 9.22. The van der Waals surface area contributed by atoms with Crippen molar-refractivity contribution in [3.8, 4) is 0 Å². The fraction of sp³-hybridized carbons (Fsp3) is 0.581. The topological polar surface area (TPSA) is 151 Å². The molecule has 3 fully saturated rings. The van der Waals surface area contributed by atoms with Crippen LogP contribution in [0.4, 0.5) is 11.4 Å². The van der Waals surface area contributed by atoms with Gasteiger partial charge < -0.3 is 26.6 Å². The van der Waals surface area contributed by atoms with E-state index >= 15 is 0 Å². The molecule has 4 amide bonds. The molecule has 11 heteroatoms. The molecule has 4 aliphatic rings. The van der Waals surface area contributed by atoms with E-state index in [1.165, 1.54) is 0 Å². The second kappa shape index (κ2) is 11.2. The Morgan fingerprint density at radius 1 is 0.976 bits per heavy atom. The fourth-order valence-corrected chi connectivity index (χ4v) is 6.40. The van der Waals surface area contributed by atoms with Gasteiger partial charge in [0.1, 0.15) is 11.7 Å². The number of nitrogens with one attached hydrogen (secondary N) is 3. The minimum absolute atomic E-state index is 0.00365. The zero-order chi connectivity index (χ0) is 29.7. The van der Waals surface area contributed by atoms with Gasteiger partial charge in [-0.3, -0.25) is 23.9 Å². The Morgan fingerprint density at radius 2 is 1.64 bits per heavy atom. The number of nitrogens with zero attached hydrogens (tertiary/aromatic N) is 3. The maximum absolute atomic E-state index is 13.9. The van der Waals surface area contributed by atoms with Crippen LogP contribution in [0, 0.1) is 23.7 Å². The molecule has 42 heavy (non-hydrogen) atoms. The summed E-state index contributed by atoms with van der Waals surface area (Å²) in [6.07, 6.45) is 7.90. The minimum Gasteiger partial charge on any atom is -0.347 e. The predicted octanol–water partition coefficient (Wildman–Crippen LogP) is 2.90. The Balaban J connectivity index is 1.23. The lowest BCUT2D eigenvalue weighted by atomic mass is 9.88. The molecular formula is C31H41N7O4. The van der Waals surface area contributed by atoms with Crippen LogP contribution in [0.3, 0.4) is 0 Å². The van der Waals surface area contributed by atoms with E-state index in [-0.39, 0.29) is 47.9 Å². The summed E-state index contributed by atoms with van der Waals surface area (Å²) in [6.45, 7) is 3.92. The van der Waals surface area contributed by atoms with Crippen molar-refractivity contribution in [3.05, 3.63) is 41.7 Å². The summed E-state index contributed by atoms with van der Waals surface area (Å²) in [5.74, 6) is 0.154. The summed E-state index contributed by atoms with van der Waals surface area (Å²) in [5.41, 5.74) is 8.48. The molecule has 3 aliphatic carbocycles. The standard InChI is InChI=1S/C31H41N7O4/c1-16(2)38-23(12-13-33-38)29(40)36-28(26(17-4-5-17)18-6-7-18)31(42)34-20-10-11-21-22(15-25(39)37(3)24(21)14-20)35-30(41)27(32)19-8-9-19/h10-14,16-19,22,26-28H,4-9,15,32H2,1-3H3,(H,34,42)(H,35,41)(H,36,40)/t22?,27-,28+/m1/s1.